The molecule has 0 spiro atoms. The smallest absolute Gasteiger partial charge is 0.190 e. The normalized spacial score (nSPS) is 32.5. The van der Waals surface area contributed by atoms with E-state index in [2.05, 4.69) is 15.0 Å². The predicted octanol–water partition coefficient (Wildman–Crippen LogP) is 0.785. The third kappa shape index (κ3) is 2.52. The highest BCUT2D eigenvalue weighted by Gasteiger charge is 2.54. The van der Waals surface area contributed by atoms with Crippen LogP contribution in [0.2, 0.25) is 0 Å². The van der Waals surface area contributed by atoms with E-state index in [9.17, 15) is 5.11 Å². The second-order valence-electron chi connectivity index (χ2n) is 6.09. The predicted molar refractivity (Wildman–Crippen MR) is 81.8 cm³/mol. The lowest BCUT2D eigenvalue weighted by Gasteiger charge is -2.23. The van der Waals surface area contributed by atoms with Crippen LogP contribution in [0.4, 0.5) is 0 Å². The average Bonchev–Trinajstić information content (AvgIpc) is 3.13. The van der Waals surface area contributed by atoms with Crippen molar-refractivity contribution in [3.8, 4) is 0 Å². The molecule has 2 saturated heterocycles. The summed E-state index contributed by atoms with van der Waals surface area (Å²) in [4.78, 5) is 12.7. The van der Waals surface area contributed by atoms with Crippen LogP contribution in [0.15, 0.2) is 17.7 Å². The van der Waals surface area contributed by atoms with Gasteiger partial charge in [0, 0.05) is 0 Å². The van der Waals surface area contributed by atoms with Gasteiger partial charge in [-0.3, -0.25) is 0 Å². The molecule has 4 heterocycles. The molecule has 0 bridgehead atoms. The standard InChI is InChI=1S/C14H18N4O4S/c1-14(2)21-10-9(19)7(20-13(10)22-14)4-18-6-17-11-8(18)12(23-3)16-5-15-11/h5-7,9-10,13,19H,4H2,1-3H3/t7-,9+,10-,13-/m1/s1. The summed E-state index contributed by atoms with van der Waals surface area (Å²) in [5.74, 6) is -0.733. The summed E-state index contributed by atoms with van der Waals surface area (Å²) in [6, 6.07) is 0. The van der Waals surface area contributed by atoms with Crippen LogP contribution < -0.4 is 0 Å². The van der Waals surface area contributed by atoms with Gasteiger partial charge >= 0.3 is 0 Å². The molecule has 2 aromatic heterocycles. The number of nitrogens with zero attached hydrogens (tertiary/aromatic N) is 4. The fourth-order valence-corrected chi connectivity index (χ4v) is 3.63. The van der Waals surface area contributed by atoms with Crippen molar-refractivity contribution in [3.05, 3.63) is 12.7 Å². The van der Waals surface area contributed by atoms with Crippen molar-refractivity contribution in [2.75, 3.05) is 6.26 Å². The van der Waals surface area contributed by atoms with Gasteiger partial charge in [0.25, 0.3) is 0 Å². The number of thioether (sulfide) groups is 1. The largest absolute Gasteiger partial charge is 0.387 e. The first kappa shape index (κ1) is 15.3. The van der Waals surface area contributed by atoms with E-state index in [-0.39, 0.29) is 0 Å². The van der Waals surface area contributed by atoms with Gasteiger partial charge < -0.3 is 23.9 Å². The molecule has 8 nitrogen and oxygen atoms in total. The molecular formula is C14H18N4O4S. The van der Waals surface area contributed by atoms with Gasteiger partial charge in [-0.1, -0.05) is 0 Å². The van der Waals surface area contributed by atoms with Crippen LogP contribution in [-0.2, 0) is 20.8 Å². The van der Waals surface area contributed by atoms with Crippen LogP contribution in [0.25, 0.3) is 11.2 Å². The first-order valence-electron chi connectivity index (χ1n) is 7.37. The minimum atomic E-state index is -0.762. The van der Waals surface area contributed by atoms with Gasteiger partial charge in [0.05, 0.1) is 12.9 Å². The molecule has 0 unspecified atom stereocenters. The van der Waals surface area contributed by atoms with Gasteiger partial charge in [-0.2, -0.15) is 0 Å². The molecule has 0 radical (unpaired) electrons. The van der Waals surface area contributed by atoms with Gasteiger partial charge in [0.1, 0.15) is 35.2 Å². The summed E-state index contributed by atoms with van der Waals surface area (Å²) < 4.78 is 19.1. The fourth-order valence-electron chi connectivity index (χ4n) is 3.07. The molecule has 2 fully saturated rings. The summed E-state index contributed by atoms with van der Waals surface area (Å²) in [6.07, 6.45) is 2.93. The van der Waals surface area contributed by atoms with E-state index in [1.54, 1.807) is 6.33 Å². The Bertz CT molecular complexity index is 737. The summed E-state index contributed by atoms with van der Waals surface area (Å²) >= 11 is 1.53. The summed E-state index contributed by atoms with van der Waals surface area (Å²) in [5, 5.41) is 11.3. The van der Waals surface area contributed by atoms with Gasteiger partial charge in [0.15, 0.2) is 17.7 Å². The Labute approximate surface area is 137 Å². The molecule has 0 aromatic carbocycles. The number of fused-ring (bicyclic) bond motifs is 2. The van der Waals surface area contributed by atoms with Crippen molar-refractivity contribution in [1.29, 1.82) is 0 Å². The molecule has 2 aromatic rings. The second-order valence-corrected chi connectivity index (χ2v) is 6.88. The average molecular weight is 338 g/mol. The second kappa shape index (κ2) is 5.38. The Hall–Kier alpha value is -1.26. The molecule has 2 aliphatic rings. The highest BCUT2D eigenvalue weighted by atomic mass is 32.2. The number of imidazole rings is 1. The Morgan fingerprint density at radius 3 is 2.87 bits per heavy atom. The lowest BCUT2D eigenvalue weighted by Crippen LogP contribution is -2.36. The van der Waals surface area contributed by atoms with E-state index in [0.29, 0.717) is 12.2 Å². The van der Waals surface area contributed by atoms with Crippen molar-refractivity contribution in [3.63, 3.8) is 0 Å². The Morgan fingerprint density at radius 1 is 1.30 bits per heavy atom. The molecular weight excluding hydrogens is 320 g/mol. The molecule has 124 valence electrons. The highest BCUT2D eigenvalue weighted by molar-refractivity contribution is 7.98. The highest BCUT2D eigenvalue weighted by Crippen LogP contribution is 2.38. The molecule has 0 aliphatic carbocycles. The van der Waals surface area contributed by atoms with Crippen LogP contribution in [-0.4, -0.2) is 61.3 Å². The Kier molecular flexibility index (Phi) is 3.58. The zero-order valence-electron chi connectivity index (χ0n) is 13.0. The SMILES string of the molecule is CSc1ncnc2ncn(C[C@H]3O[C@@H]4OC(C)(C)O[C@@H]4[C@H]3O)c12. The van der Waals surface area contributed by atoms with Crippen molar-refractivity contribution < 1.29 is 19.3 Å². The number of hydrogen-bond donors (Lipinski definition) is 1. The molecule has 4 atom stereocenters. The number of aliphatic hydroxyl groups excluding tert-OH is 1. The zero-order chi connectivity index (χ0) is 16.2. The summed E-state index contributed by atoms with van der Waals surface area (Å²) in [6.45, 7) is 4.04. The third-order valence-electron chi connectivity index (χ3n) is 4.06. The van der Waals surface area contributed by atoms with E-state index in [1.165, 1.54) is 18.1 Å². The number of aliphatic hydroxyl groups is 1. The van der Waals surface area contributed by atoms with Crippen LogP contribution in [0.5, 0.6) is 0 Å². The number of rotatable bonds is 3. The first-order valence-corrected chi connectivity index (χ1v) is 8.60. The van der Waals surface area contributed by atoms with Gasteiger partial charge in [-0.05, 0) is 20.1 Å². The molecule has 0 saturated carbocycles. The van der Waals surface area contributed by atoms with Crippen LogP contribution in [0.3, 0.4) is 0 Å². The topological polar surface area (TPSA) is 91.5 Å². The quantitative estimate of drug-likeness (QED) is 0.649. The van der Waals surface area contributed by atoms with Gasteiger partial charge in [-0.25, -0.2) is 15.0 Å². The zero-order valence-corrected chi connectivity index (χ0v) is 13.9. The van der Waals surface area contributed by atoms with Crippen molar-refractivity contribution >= 4 is 22.9 Å². The molecule has 23 heavy (non-hydrogen) atoms. The monoisotopic (exact) mass is 338 g/mol. The number of aromatic nitrogens is 4. The Morgan fingerprint density at radius 2 is 2.13 bits per heavy atom. The summed E-state index contributed by atoms with van der Waals surface area (Å²) in [5.41, 5.74) is 1.47. The van der Waals surface area contributed by atoms with E-state index in [4.69, 9.17) is 14.2 Å². The first-order chi connectivity index (χ1) is 11.0. The molecule has 2 aliphatic heterocycles. The number of hydrogen-bond acceptors (Lipinski definition) is 8. The number of ether oxygens (including phenoxy) is 3. The van der Waals surface area contributed by atoms with E-state index >= 15 is 0 Å². The maximum atomic E-state index is 10.5. The maximum absolute atomic E-state index is 10.5. The van der Waals surface area contributed by atoms with E-state index in [0.717, 1.165) is 10.5 Å². The van der Waals surface area contributed by atoms with Crippen LogP contribution in [0, 0.1) is 0 Å². The summed E-state index contributed by atoms with van der Waals surface area (Å²) in [7, 11) is 0. The molecule has 1 N–H and O–H groups in total. The lowest BCUT2D eigenvalue weighted by atomic mass is 10.1. The molecule has 9 heteroatoms. The van der Waals surface area contributed by atoms with Crippen molar-refractivity contribution in [2.24, 2.45) is 0 Å². The van der Waals surface area contributed by atoms with Crippen LogP contribution >= 0.6 is 11.8 Å². The van der Waals surface area contributed by atoms with Crippen LogP contribution in [0.1, 0.15) is 13.8 Å². The maximum Gasteiger partial charge on any atom is 0.190 e. The van der Waals surface area contributed by atoms with E-state index in [1.807, 2.05) is 24.7 Å². The minimum absolute atomic E-state index is 0.429. The molecule has 4 rings (SSSR count). The van der Waals surface area contributed by atoms with Gasteiger partial charge in [0.2, 0.25) is 0 Å². The van der Waals surface area contributed by atoms with E-state index < -0.39 is 30.4 Å². The third-order valence-corrected chi connectivity index (χ3v) is 4.75. The van der Waals surface area contributed by atoms with Crippen molar-refractivity contribution in [2.45, 2.75) is 55.8 Å². The fraction of sp³-hybridized carbons (Fsp3) is 0.643. The molecule has 0 amide bonds. The minimum Gasteiger partial charge on any atom is -0.387 e. The lowest BCUT2D eigenvalue weighted by molar-refractivity contribution is -0.216. The Balaban J connectivity index is 1.58. The van der Waals surface area contributed by atoms with Crippen molar-refractivity contribution in [1.82, 2.24) is 19.5 Å². The van der Waals surface area contributed by atoms with Gasteiger partial charge in [-0.15, -0.1) is 11.8 Å².